The van der Waals surface area contributed by atoms with Crippen molar-refractivity contribution in [3.8, 4) is 0 Å². The van der Waals surface area contributed by atoms with Gasteiger partial charge in [-0.15, -0.1) is 5.10 Å². The highest BCUT2D eigenvalue weighted by molar-refractivity contribution is 5.72. The van der Waals surface area contributed by atoms with Gasteiger partial charge < -0.3 is 4.42 Å². The molecule has 1 aliphatic rings. The van der Waals surface area contributed by atoms with Gasteiger partial charge in [-0.3, -0.25) is 4.79 Å². The number of aryl methyl sites for hydroxylation is 1. The SMILES string of the molecule is Cn1ncc2c(=O)n(Cc3ncc(C4CC4)o3)nnc21. The molecule has 0 atom stereocenters. The van der Waals surface area contributed by atoms with E-state index in [1.165, 1.54) is 15.6 Å². The molecule has 0 unspecified atom stereocenters. The van der Waals surface area contributed by atoms with Crippen LogP contribution >= 0.6 is 0 Å². The maximum absolute atomic E-state index is 12.2. The highest BCUT2D eigenvalue weighted by atomic mass is 16.4. The molecule has 4 rings (SSSR count). The lowest BCUT2D eigenvalue weighted by molar-refractivity contribution is 0.424. The van der Waals surface area contributed by atoms with Crippen molar-refractivity contribution < 1.29 is 4.42 Å². The third-order valence-corrected chi connectivity index (χ3v) is 3.46. The molecule has 1 aliphatic carbocycles. The van der Waals surface area contributed by atoms with Crippen LogP contribution in [0.2, 0.25) is 0 Å². The summed E-state index contributed by atoms with van der Waals surface area (Å²) in [6.45, 7) is 0.184. The van der Waals surface area contributed by atoms with E-state index in [4.69, 9.17) is 4.42 Å². The summed E-state index contributed by atoms with van der Waals surface area (Å²) in [6.07, 6.45) is 5.52. The zero-order chi connectivity index (χ0) is 13.7. The third kappa shape index (κ3) is 1.72. The molecular formula is C12H12N6O2. The van der Waals surface area contributed by atoms with Gasteiger partial charge in [-0.05, 0) is 12.8 Å². The summed E-state index contributed by atoms with van der Waals surface area (Å²) < 4.78 is 8.39. The lowest BCUT2D eigenvalue weighted by atomic mass is 10.3. The first kappa shape index (κ1) is 11.3. The van der Waals surface area contributed by atoms with Gasteiger partial charge in [0.15, 0.2) is 5.65 Å². The van der Waals surface area contributed by atoms with E-state index < -0.39 is 0 Å². The van der Waals surface area contributed by atoms with Crippen LogP contribution in [0, 0.1) is 0 Å². The van der Waals surface area contributed by atoms with Crippen molar-refractivity contribution in [3.05, 3.63) is 34.4 Å². The third-order valence-electron chi connectivity index (χ3n) is 3.46. The van der Waals surface area contributed by atoms with Crippen LogP contribution in [-0.2, 0) is 13.6 Å². The summed E-state index contributed by atoms with van der Waals surface area (Å²) >= 11 is 0. The van der Waals surface area contributed by atoms with Crippen LogP contribution in [0.25, 0.3) is 11.0 Å². The monoisotopic (exact) mass is 272 g/mol. The van der Waals surface area contributed by atoms with Crippen LogP contribution in [-0.4, -0.2) is 29.8 Å². The van der Waals surface area contributed by atoms with Crippen molar-refractivity contribution in [2.75, 3.05) is 0 Å². The van der Waals surface area contributed by atoms with Gasteiger partial charge in [-0.25, -0.2) is 14.3 Å². The number of rotatable bonds is 3. The van der Waals surface area contributed by atoms with Gasteiger partial charge in [0.05, 0.1) is 12.4 Å². The van der Waals surface area contributed by atoms with Gasteiger partial charge in [-0.2, -0.15) is 5.10 Å². The minimum atomic E-state index is -0.241. The predicted molar refractivity (Wildman–Crippen MR) is 68.1 cm³/mol. The van der Waals surface area contributed by atoms with Gasteiger partial charge in [0.1, 0.15) is 17.7 Å². The Morgan fingerprint density at radius 3 is 3.05 bits per heavy atom. The van der Waals surface area contributed by atoms with Crippen molar-refractivity contribution >= 4 is 11.0 Å². The smallest absolute Gasteiger partial charge is 0.281 e. The lowest BCUT2D eigenvalue weighted by Gasteiger charge is -2.00. The van der Waals surface area contributed by atoms with Crippen LogP contribution in [0.4, 0.5) is 0 Å². The van der Waals surface area contributed by atoms with E-state index in [0.29, 0.717) is 22.8 Å². The number of hydrogen-bond acceptors (Lipinski definition) is 6. The average Bonchev–Trinajstić information content (AvgIpc) is 3.08. The Morgan fingerprint density at radius 2 is 2.25 bits per heavy atom. The molecule has 3 aromatic rings. The lowest BCUT2D eigenvalue weighted by Crippen LogP contribution is -2.24. The molecule has 102 valence electrons. The van der Waals surface area contributed by atoms with Gasteiger partial charge in [0.25, 0.3) is 5.56 Å². The summed E-state index contributed by atoms with van der Waals surface area (Å²) in [6, 6.07) is 0. The first-order valence-corrected chi connectivity index (χ1v) is 6.42. The maximum Gasteiger partial charge on any atom is 0.281 e. The Morgan fingerprint density at radius 1 is 1.40 bits per heavy atom. The normalized spacial score (nSPS) is 15.1. The minimum absolute atomic E-state index is 0.184. The predicted octanol–water partition coefficient (Wildman–Crippen LogP) is 0.439. The first-order chi connectivity index (χ1) is 9.72. The molecule has 1 saturated carbocycles. The maximum atomic E-state index is 12.2. The zero-order valence-corrected chi connectivity index (χ0v) is 10.9. The van der Waals surface area contributed by atoms with Crippen LogP contribution in [0.1, 0.15) is 30.4 Å². The van der Waals surface area contributed by atoms with Crippen LogP contribution in [0.15, 0.2) is 21.6 Å². The highest BCUT2D eigenvalue weighted by Gasteiger charge is 2.27. The first-order valence-electron chi connectivity index (χ1n) is 6.42. The summed E-state index contributed by atoms with van der Waals surface area (Å²) in [5.41, 5.74) is 0.228. The summed E-state index contributed by atoms with van der Waals surface area (Å²) in [4.78, 5) is 16.4. The average molecular weight is 272 g/mol. The zero-order valence-electron chi connectivity index (χ0n) is 10.9. The number of hydrogen-bond donors (Lipinski definition) is 0. The minimum Gasteiger partial charge on any atom is -0.443 e. The second kappa shape index (κ2) is 3.99. The van der Waals surface area contributed by atoms with Gasteiger partial charge in [-0.1, -0.05) is 5.21 Å². The van der Waals surface area contributed by atoms with E-state index in [-0.39, 0.29) is 12.1 Å². The second-order valence-electron chi connectivity index (χ2n) is 4.99. The fourth-order valence-electron chi connectivity index (χ4n) is 2.16. The van der Waals surface area contributed by atoms with E-state index in [2.05, 4.69) is 20.4 Å². The molecule has 3 heterocycles. The number of fused-ring (bicyclic) bond motifs is 1. The Kier molecular flexibility index (Phi) is 2.26. The molecule has 0 aliphatic heterocycles. The van der Waals surface area contributed by atoms with E-state index in [1.807, 2.05) is 0 Å². The van der Waals surface area contributed by atoms with E-state index >= 15 is 0 Å². The summed E-state index contributed by atoms with van der Waals surface area (Å²) in [5.74, 6) is 1.87. The van der Waals surface area contributed by atoms with E-state index in [0.717, 1.165) is 18.6 Å². The van der Waals surface area contributed by atoms with Crippen molar-refractivity contribution in [1.29, 1.82) is 0 Å². The van der Waals surface area contributed by atoms with Crippen molar-refractivity contribution in [3.63, 3.8) is 0 Å². The van der Waals surface area contributed by atoms with Crippen LogP contribution < -0.4 is 5.56 Å². The molecule has 8 nitrogen and oxygen atoms in total. The molecule has 0 radical (unpaired) electrons. The molecule has 0 spiro atoms. The van der Waals surface area contributed by atoms with Crippen molar-refractivity contribution in [2.45, 2.75) is 25.3 Å². The molecule has 0 N–H and O–H groups in total. The van der Waals surface area contributed by atoms with Crippen molar-refractivity contribution in [2.24, 2.45) is 7.05 Å². The van der Waals surface area contributed by atoms with E-state index in [1.54, 1.807) is 13.2 Å². The Bertz CT molecular complexity index is 841. The van der Waals surface area contributed by atoms with Gasteiger partial charge in [0, 0.05) is 13.0 Å². The highest BCUT2D eigenvalue weighted by Crippen LogP contribution is 2.40. The molecule has 1 fully saturated rings. The Labute approximate surface area is 113 Å². The molecule has 0 aromatic carbocycles. The standard InChI is InChI=1S/C12H12N6O2/c1-17-11-8(4-14-17)12(19)18(16-15-11)6-10-13-5-9(20-10)7-2-3-7/h4-5,7H,2-3,6H2,1H3. The second-order valence-corrected chi connectivity index (χ2v) is 4.99. The number of nitrogens with zero attached hydrogens (tertiary/aromatic N) is 6. The Hall–Kier alpha value is -2.51. The molecule has 0 bridgehead atoms. The van der Waals surface area contributed by atoms with Crippen LogP contribution in [0.3, 0.4) is 0 Å². The van der Waals surface area contributed by atoms with Gasteiger partial charge in [0.2, 0.25) is 5.89 Å². The fraction of sp³-hybridized carbons (Fsp3) is 0.417. The quantitative estimate of drug-likeness (QED) is 0.687. The van der Waals surface area contributed by atoms with Crippen LogP contribution in [0.5, 0.6) is 0 Å². The van der Waals surface area contributed by atoms with Gasteiger partial charge >= 0.3 is 0 Å². The molecule has 0 amide bonds. The molecule has 8 heteroatoms. The van der Waals surface area contributed by atoms with E-state index in [9.17, 15) is 4.79 Å². The number of aromatic nitrogens is 6. The number of oxazole rings is 1. The summed E-state index contributed by atoms with van der Waals surface area (Å²) in [7, 11) is 1.72. The topological polar surface area (TPSA) is 91.6 Å². The molecule has 3 aromatic heterocycles. The fourth-order valence-corrected chi connectivity index (χ4v) is 2.16. The molecule has 0 saturated heterocycles. The van der Waals surface area contributed by atoms with Crippen molar-refractivity contribution in [1.82, 2.24) is 29.8 Å². The molecular weight excluding hydrogens is 260 g/mol. The molecule has 20 heavy (non-hydrogen) atoms. The Balaban J connectivity index is 1.70. The largest absolute Gasteiger partial charge is 0.443 e. The summed E-state index contributed by atoms with van der Waals surface area (Å²) in [5, 5.41) is 12.3.